The van der Waals surface area contributed by atoms with Crippen molar-refractivity contribution < 1.29 is 14.2 Å². The summed E-state index contributed by atoms with van der Waals surface area (Å²) in [6.07, 6.45) is 3.25. The highest BCUT2D eigenvalue weighted by Gasteiger charge is 2.16. The molecule has 9 nitrogen and oxygen atoms in total. The second-order valence-corrected chi connectivity index (χ2v) is 7.27. The van der Waals surface area contributed by atoms with E-state index in [4.69, 9.17) is 19.2 Å². The molecule has 1 aromatic heterocycles. The molecule has 2 N–H and O–H groups in total. The smallest absolute Gasteiger partial charge is 0.191 e. The normalized spacial score (nSPS) is 16.0. The van der Waals surface area contributed by atoms with Crippen LogP contribution in [0.25, 0.3) is 0 Å². The number of hydrogen-bond donors (Lipinski definition) is 2. The maximum Gasteiger partial charge on any atom is 0.191 e. The summed E-state index contributed by atoms with van der Waals surface area (Å²) in [7, 11) is 5.23. The molecule has 1 saturated heterocycles. The highest BCUT2D eigenvalue weighted by atomic mass is 127. The molecule has 31 heavy (non-hydrogen) atoms. The third-order valence-electron chi connectivity index (χ3n) is 5.24. The van der Waals surface area contributed by atoms with Crippen LogP contribution in [0.1, 0.15) is 30.1 Å². The van der Waals surface area contributed by atoms with Crippen LogP contribution in [0.3, 0.4) is 0 Å². The van der Waals surface area contributed by atoms with E-state index >= 15 is 0 Å². The van der Waals surface area contributed by atoms with Crippen molar-refractivity contribution in [1.82, 2.24) is 25.4 Å². The number of ether oxygens (including phenoxy) is 3. The van der Waals surface area contributed by atoms with Gasteiger partial charge in [0.15, 0.2) is 23.3 Å². The standard InChI is InChI=1S/C21H32N6O3.HI/c1-15-25-26-20(27(15)2)14-24-21(23-13-17-6-5-11-30-17)22-10-9-16-7-8-18(28-3)19(12-16)29-4;/h7-8,12,17H,5-6,9-11,13-14H2,1-4H3,(H2,22,23,24);1H. The van der Waals surface area contributed by atoms with Gasteiger partial charge in [-0.15, -0.1) is 34.2 Å². The first-order chi connectivity index (χ1) is 14.6. The lowest BCUT2D eigenvalue weighted by atomic mass is 10.1. The minimum Gasteiger partial charge on any atom is -0.493 e. The third kappa shape index (κ3) is 7.23. The quantitative estimate of drug-likeness (QED) is 0.284. The summed E-state index contributed by atoms with van der Waals surface area (Å²) in [4.78, 5) is 4.69. The molecule has 0 saturated carbocycles. The molecule has 0 aliphatic carbocycles. The van der Waals surface area contributed by atoms with Crippen LogP contribution in [0.15, 0.2) is 23.2 Å². The minimum absolute atomic E-state index is 0. The van der Waals surface area contributed by atoms with Crippen molar-refractivity contribution in [3.63, 3.8) is 0 Å². The summed E-state index contributed by atoms with van der Waals surface area (Å²) in [5.74, 6) is 3.90. The molecule has 1 aromatic carbocycles. The molecule has 0 amide bonds. The third-order valence-corrected chi connectivity index (χ3v) is 5.24. The van der Waals surface area contributed by atoms with E-state index in [1.807, 2.05) is 36.7 Å². The number of aliphatic imine (C=N–C) groups is 1. The topological polar surface area (TPSA) is 94.8 Å². The average molecular weight is 544 g/mol. The van der Waals surface area contributed by atoms with Gasteiger partial charge in [0.2, 0.25) is 0 Å². The Morgan fingerprint density at radius 2 is 2.03 bits per heavy atom. The Morgan fingerprint density at radius 3 is 2.68 bits per heavy atom. The van der Waals surface area contributed by atoms with Crippen molar-refractivity contribution in [2.24, 2.45) is 12.0 Å². The fourth-order valence-corrected chi connectivity index (χ4v) is 3.29. The first kappa shape index (κ1) is 25.2. The van der Waals surface area contributed by atoms with Gasteiger partial charge in [0.05, 0.1) is 20.3 Å². The first-order valence-corrected chi connectivity index (χ1v) is 10.3. The van der Waals surface area contributed by atoms with Crippen LogP contribution in [-0.4, -0.2) is 60.7 Å². The zero-order chi connectivity index (χ0) is 21.3. The lowest BCUT2D eigenvalue weighted by molar-refractivity contribution is 0.114. The average Bonchev–Trinajstić information content (AvgIpc) is 3.40. The number of aryl methyl sites for hydroxylation is 1. The molecule has 172 valence electrons. The van der Waals surface area contributed by atoms with Gasteiger partial charge in [-0.2, -0.15) is 0 Å². The fraction of sp³-hybridized carbons (Fsp3) is 0.571. The summed E-state index contributed by atoms with van der Waals surface area (Å²) in [6, 6.07) is 5.97. The number of methoxy groups -OCH3 is 2. The second kappa shape index (κ2) is 12.7. The molecule has 3 rings (SSSR count). The number of nitrogens with one attached hydrogen (secondary N) is 2. The van der Waals surface area contributed by atoms with Gasteiger partial charge >= 0.3 is 0 Å². The van der Waals surface area contributed by atoms with Crippen molar-refractivity contribution in [2.75, 3.05) is 33.9 Å². The Kier molecular flexibility index (Phi) is 10.3. The molecule has 2 aromatic rings. The van der Waals surface area contributed by atoms with E-state index in [0.717, 1.165) is 73.6 Å². The van der Waals surface area contributed by atoms with E-state index in [1.54, 1.807) is 14.2 Å². The molecule has 0 spiro atoms. The number of guanidine groups is 1. The lowest BCUT2D eigenvalue weighted by Gasteiger charge is -2.16. The highest BCUT2D eigenvalue weighted by Crippen LogP contribution is 2.27. The van der Waals surface area contributed by atoms with Crippen LogP contribution >= 0.6 is 24.0 Å². The minimum atomic E-state index is 0. The number of hydrogen-bond acceptors (Lipinski definition) is 6. The Morgan fingerprint density at radius 1 is 1.23 bits per heavy atom. The highest BCUT2D eigenvalue weighted by molar-refractivity contribution is 14.0. The largest absolute Gasteiger partial charge is 0.493 e. The summed E-state index contributed by atoms with van der Waals surface area (Å²) < 4.78 is 18.4. The number of rotatable bonds is 9. The predicted molar refractivity (Wildman–Crippen MR) is 131 cm³/mol. The molecule has 1 fully saturated rings. The van der Waals surface area contributed by atoms with Gasteiger partial charge < -0.3 is 29.4 Å². The Labute approximate surface area is 201 Å². The molecule has 0 radical (unpaired) electrons. The molecular formula is C21H33IN6O3. The first-order valence-electron chi connectivity index (χ1n) is 10.3. The van der Waals surface area contributed by atoms with Crippen LogP contribution < -0.4 is 20.1 Å². The molecule has 1 aliphatic heterocycles. The van der Waals surface area contributed by atoms with E-state index in [-0.39, 0.29) is 30.1 Å². The van der Waals surface area contributed by atoms with Crippen molar-refractivity contribution in [2.45, 2.75) is 38.8 Å². The summed E-state index contributed by atoms with van der Waals surface area (Å²) in [5.41, 5.74) is 1.16. The molecule has 1 aliphatic rings. The molecule has 10 heteroatoms. The van der Waals surface area contributed by atoms with Crippen molar-refractivity contribution >= 4 is 29.9 Å². The van der Waals surface area contributed by atoms with Gasteiger partial charge in [0.25, 0.3) is 0 Å². The van der Waals surface area contributed by atoms with Crippen LogP contribution in [-0.2, 0) is 24.8 Å². The zero-order valence-electron chi connectivity index (χ0n) is 18.7. The number of halogens is 1. The summed E-state index contributed by atoms with van der Waals surface area (Å²) in [5, 5.41) is 15.1. The van der Waals surface area contributed by atoms with E-state index in [1.165, 1.54) is 0 Å². The van der Waals surface area contributed by atoms with Crippen molar-refractivity contribution in [1.29, 1.82) is 0 Å². The number of aromatic nitrogens is 3. The van der Waals surface area contributed by atoms with Crippen molar-refractivity contribution in [3.05, 3.63) is 35.4 Å². The van der Waals surface area contributed by atoms with Gasteiger partial charge in [-0.25, -0.2) is 4.99 Å². The number of nitrogens with zero attached hydrogens (tertiary/aromatic N) is 4. The summed E-state index contributed by atoms with van der Waals surface area (Å²) >= 11 is 0. The molecule has 2 heterocycles. The van der Waals surface area contributed by atoms with Gasteiger partial charge in [-0.05, 0) is 43.9 Å². The molecule has 1 unspecified atom stereocenters. The van der Waals surface area contributed by atoms with Crippen LogP contribution in [0.5, 0.6) is 11.5 Å². The SMILES string of the molecule is COc1ccc(CCNC(=NCc2nnc(C)n2C)NCC2CCCO2)cc1OC.I. The van der Waals surface area contributed by atoms with Crippen LogP contribution in [0.2, 0.25) is 0 Å². The second-order valence-electron chi connectivity index (χ2n) is 7.27. The van der Waals surface area contributed by atoms with E-state index < -0.39 is 0 Å². The molecule has 0 bridgehead atoms. The van der Waals surface area contributed by atoms with Crippen molar-refractivity contribution in [3.8, 4) is 11.5 Å². The van der Waals surface area contributed by atoms with Gasteiger partial charge in [0, 0.05) is 26.7 Å². The van der Waals surface area contributed by atoms with Gasteiger partial charge in [-0.3, -0.25) is 0 Å². The molecular weight excluding hydrogens is 511 g/mol. The van der Waals surface area contributed by atoms with Gasteiger partial charge in [0.1, 0.15) is 12.4 Å². The van der Waals surface area contributed by atoms with Crippen LogP contribution in [0.4, 0.5) is 0 Å². The maximum atomic E-state index is 5.71. The van der Waals surface area contributed by atoms with Gasteiger partial charge in [-0.1, -0.05) is 6.07 Å². The Balaban J connectivity index is 0.00000341. The maximum absolute atomic E-state index is 5.71. The Bertz CT molecular complexity index is 852. The van der Waals surface area contributed by atoms with E-state index in [9.17, 15) is 0 Å². The number of benzene rings is 1. The predicted octanol–water partition coefficient (Wildman–Crippen LogP) is 2.22. The summed E-state index contributed by atoms with van der Waals surface area (Å²) in [6.45, 7) is 4.68. The van der Waals surface area contributed by atoms with E-state index in [0.29, 0.717) is 6.54 Å². The molecule has 1 atom stereocenters. The van der Waals surface area contributed by atoms with E-state index in [2.05, 4.69) is 20.8 Å². The lowest BCUT2D eigenvalue weighted by Crippen LogP contribution is -2.42. The fourth-order valence-electron chi connectivity index (χ4n) is 3.29. The van der Waals surface area contributed by atoms with Crippen LogP contribution in [0, 0.1) is 6.92 Å². The Hall–Kier alpha value is -2.08. The zero-order valence-corrected chi connectivity index (χ0v) is 21.0. The monoisotopic (exact) mass is 544 g/mol.